The van der Waals surface area contributed by atoms with E-state index in [1.165, 1.54) is 0 Å². The molecule has 0 spiro atoms. The number of nitrogen functional groups attached to an aromatic ring is 1. The molecule has 0 saturated heterocycles. The first-order valence-electron chi connectivity index (χ1n) is 5.40. The van der Waals surface area contributed by atoms with Crippen molar-refractivity contribution in [1.82, 2.24) is 9.97 Å². The van der Waals surface area contributed by atoms with Crippen molar-refractivity contribution < 1.29 is 0 Å². The van der Waals surface area contributed by atoms with Gasteiger partial charge in [-0.1, -0.05) is 20.3 Å². The van der Waals surface area contributed by atoms with Crippen LogP contribution in [-0.4, -0.2) is 16.0 Å². The average Bonchev–Trinajstić information content (AvgIpc) is 2.22. The molecule has 0 fully saturated rings. The first-order chi connectivity index (χ1) is 7.04. The van der Waals surface area contributed by atoms with E-state index in [0.29, 0.717) is 17.9 Å². The first-order valence-corrected chi connectivity index (χ1v) is 5.40. The molecule has 0 aliphatic carbocycles. The van der Waals surface area contributed by atoms with Gasteiger partial charge in [0.2, 0.25) is 5.95 Å². The summed E-state index contributed by atoms with van der Waals surface area (Å²) in [7, 11) is 0. The highest BCUT2D eigenvalue weighted by atomic mass is 15.1. The van der Waals surface area contributed by atoms with Crippen LogP contribution in [0.2, 0.25) is 0 Å². The number of nitrogens with two attached hydrogens (primary N) is 1. The minimum atomic E-state index is 0.319. The Bertz CT molecular complexity index is 324. The quantitative estimate of drug-likeness (QED) is 0.796. The average molecular weight is 208 g/mol. The fraction of sp³-hybridized carbons (Fsp3) is 0.636. The zero-order valence-corrected chi connectivity index (χ0v) is 9.91. The third-order valence-corrected chi connectivity index (χ3v) is 2.85. The van der Waals surface area contributed by atoms with Crippen LogP contribution >= 0.6 is 0 Å². The van der Waals surface area contributed by atoms with E-state index in [4.69, 9.17) is 5.73 Å². The fourth-order valence-electron chi connectivity index (χ4n) is 1.31. The van der Waals surface area contributed by atoms with Crippen molar-refractivity contribution in [2.75, 3.05) is 11.1 Å². The predicted molar refractivity (Wildman–Crippen MR) is 63.7 cm³/mol. The molecule has 84 valence electrons. The predicted octanol–water partition coefficient (Wildman–Crippen LogP) is 2.21. The molecular formula is C11H20N4. The Morgan fingerprint density at radius 2 is 2.13 bits per heavy atom. The van der Waals surface area contributed by atoms with E-state index in [9.17, 15) is 0 Å². The van der Waals surface area contributed by atoms with Crippen LogP contribution in [0.4, 0.5) is 11.8 Å². The minimum Gasteiger partial charge on any atom is -0.368 e. The molecule has 0 bridgehead atoms. The van der Waals surface area contributed by atoms with Gasteiger partial charge >= 0.3 is 0 Å². The smallest absolute Gasteiger partial charge is 0.221 e. The van der Waals surface area contributed by atoms with Crippen LogP contribution in [-0.2, 0) is 0 Å². The molecule has 0 saturated carbocycles. The van der Waals surface area contributed by atoms with Gasteiger partial charge < -0.3 is 11.1 Å². The summed E-state index contributed by atoms with van der Waals surface area (Å²) in [6.45, 7) is 8.54. The zero-order valence-electron chi connectivity index (χ0n) is 9.91. The number of aromatic nitrogens is 2. The molecule has 0 amide bonds. The van der Waals surface area contributed by atoms with Crippen LogP contribution in [0.5, 0.6) is 0 Å². The molecule has 15 heavy (non-hydrogen) atoms. The van der Waals surface area contributed by atoms with Gasteiger partial charge in [0.25, 0.3) is 0 Å². The van der Waals surface area contributed by atoms with Crippen LogP contribution in [0.15, 0.2) is 6.20 Å². The van der Waals surface area contributed by atoms with Crippen molar-refractivity contribution in [1.29, 1.82) is 0 Å². The topological polar surface area (TPSA) is 63.8 Å². The SMILES string of the molecule is CCC(C)C(C)Nc1nc(N)ncc1C. The van der Waals surface area contributed by atoms with Crippen LogP contribution in [0, 0.1) is 12.8 Å². The van der Waals surface area contributed by atoms with Gasteiger partial charge in [-0.3, -0.25) is 0 Å². The van der Waals surface area contributed by atoms with E-state index in [-0.39, 0.29) is 0 Å². The zero-order chi connectivity index (χ0) is 11.4. The van der Waals surface area contributed by atoms with Crippen molar-refractivity contribution in [3.05, 3.63) is 11.8 Å². The molecule has 0 aromatic carbocycles. The van der Waals surface area contributed by atoms with Crippen molar-refractivity contribution in [3.8, 4) is 0 Å². The maximum Gasteiger partial charge on any atom is 0.221 e. The molecule has 0 radical (unpaired) electrons. The maximum atomic E-state index is 5.55. The largest absolute Gasteiger partial charge is 0.368 e. The molecule has 2 atom stereocenters. The highest BCUT2D eigenvalue weighted by Gasteiger charge is 2.11. The molecule has 4 nitrogen and oxygen atoms in total. The molecule has 4 heteroatoms. The van der Waals surface area contributed by atoms with Crippen LogP contribution < -0.4 is 11.1 Å². The van der Waals surface area contributed by atoms with Crippen LogP contribution in [0.1, 0.15) is 32.8 Å². The molecule has 2 unspecified atom stereocenters. The van der Waals surface area contributed by atoms with Crippen LogP contribution in [0.3, 0.4) is 0 Å². The Labute approximate surface area is 91.3 Å². The van der Waals surface area contributed by atoms with Gasteiger partial charge in [-0.05, 0) is 19.8 Å². The van der Waals surface area contributed by atoms with E-state index in [0.717, 1.165) is 17.8 Å². The number of nitrogens with one attached hydrogen (secondary N) is 1. The molecule has 0 aliphatic rings. The summed E-state index contributed by atoms with van der Waals surface area (Å²) in [6.07, 6.45) is 2.89. The van der Waals surface area contributed by atoms with E-state index in [2.05, 4.69) is 36.1 Å². The summed E-state index contributed by atoms with van der Waals surface area (Å²) in [5.41, 5.74) is 6.58. The van der Waals surface area contributed by atoms with Gasteiger partial charge in [0, 0.05) is 17.8 Å². The van der Waals surface area contributed by atoms with E-state index < -0.39 is 0 Å². The molecule has 1 aromatic rings. The molecule has 0 aliphatic heterocycles. The molecule has 1 rings (SSSR count). The van der Waals surface area contributed by atoms with Gasteiger partial charge in [0.05, 0.1) is 0 Å². The fourth-order valence-corrected chi connectivity index (χ4v) is 1.31. The monoisotopic (exact) mass is 208 g/mol. The third kappa shape index (κ3) is 3.08. The third-order valence-electron chi connectivity index (χ3n) is 2.85. The lowest BCUT2D eigenvalue weighted by molar-refractivity contribution is 0.493. The number of aryl methyl sites for hydroxylation is 1. The van der Waals surface area contributed by atoms with Gasteiger partial charge in [0.15, 0.2) is 0 Å². The summed E-state index contributed by atoms with van der Waals surface area (Å²) in [5, 5.41) is 3.37. The van der Waals surface area contributed by atoms with Crippen molar-refractivity contribution in [3.63, 3.8) is 0 Å². The lowest BCUT2D eigenvalue weighted by atomic mass is 10.0. The summed E-state index contributed by atoms with van der Waals surface area (Å²) < 4.78 is 0. The van der Waals surface area contributed by atoms with E-state index in [1.807, 2.05) is 6.92 Å². The molecule has 1 aromatic heterocycles. The summed E-state index contributed by atoms with van der Waals surface area (Å²) in [5.74, 6) is 1.77. The molecule has 1 heterocycles. The Morgan fingerprint density at radius 1 is 1.47 bits per heavy atom. The molecular weight excluding hydrogens is 188 g/mol. The van der Waals surface area contributed by atoms with Crippen LogP contribution in [0.25, 0.3) is 0 Å². The normalized spacial score (nSPS) is 14.7. The minimum absolute atomic E-state index is 0.319. The standard InChI is InChI=1S/C11H20N4/c1-5-7(2)9(4)14-10-8(3)6-13-11(12)15-10/h6-7,9H,5H2,1-4H3,(H3,12,13,14,15). The number of rotatable bonds is 4. The van der Waals surface area contributed by atoms with E-state index in [1.54, 1.807) is 6.20 Å². The summed E-state index contributed by atoms with van der Waals surface area (Å²) in [4.78, 5) is 8.12. The second-order valence-corrected chi connectivity index (χ2v) is 4.08. The van der Waals surface area contributed by atoms with Crippen molar-refractivity contribution >= 4 is 11.8 Å². The van der Waals surface area contributed by atoms with E-state index >= 15 is 0 Å². The summed E-state index contributed by atoms with van der Waals surface area (Å²) in [6, 6.07) is 0.392. The maximum absolute atomic E-state index is 5.55. The van der Waals surface area contributed by atoms with Gasteiger partial charge in [-0.15, -0.1) is 0 Å². The highest BCUT2D eigenvalue weighted by Crippen LogP contribution is 2.16. The van der Waals surface area contributed by atoms with Gasteiger partial charge in [-0.25, -0.2) is 4.98 Å². The number of hydrogen-bond acceptors (Lipinski definition) is 4. The highest BCUT2D eigenvalue weighted by molar-refractivity contribution is 5.45. The van der Waals surface area contributed by atoms with Gasteiger partial charge in [0.1, 0.15) is 5.82 Å². The second kappa shape index (κ2) is 4.96. The Kier molecular flexibility index (Phi) is 3.88. The number of anilines is 2. The number of nitrogens with zero attached hydrogens (tertiary/aromatic N) is 2. The Morgan fingerprint density at radius 3 is 2.73 bits per heavy atom. The first kappa shape index (κ1) is 11.8. The lowest BCUT2D eigenvalue weighted by Crippen LogP contribution is -2.24. The Hall–Kier alpha value is -1.32. The van der Waals surface area contributed by atoms with Crippen molar-refractivity contribution in [2.45, 2.75) is 40.2 Å². The Balaban J connectivity index is 2.75. The van der Waals surface area contributed by atoms with Crippen molar-refractivity contribution in [2.24, 2.45) is 5.92 Å². The number of hydrogen-bond donors (Lipinski definition) is 2. The second-order valence-electron chi connectivity index (χ2n) is 4.08. The molecule has 3 N–H and O–H groups in total. The summed E-state index contributed by atoms with van der Waals surface area (Å²) >= 11 is 0. The lowest BCUT2D eigenvalue weighted by Gasteiger charge is -2.21. The van der Waals surface area contributed by atoms with Gasteiger partial charge in [-0.2, -0.15) is 4.98 Å².